The molecule has 2 aliphatic rings. The van der Waals surface area contributed by atoms with Gasteiger partial charge in [-0.15, -0.1) is 0 Å². The van der Waals surface area contributed by atoms with Gasteiger partial charge in [0.2, 0.25) is 0 Å². The SMILES string of the molecule is CN(C)c1ccncc1C(=O)NC1CCN(CCN2CCOCC2)C1. The molecule has 1 N–H and O–H groups in total. The first-order valence-electron chi connectivity index (χ1n) is 9.08. The average Bonchev–Trinajstić information content (AvgIpc) is 3.08. The molecule has 1 unspecified atom stereocenters. The highest BCUT2D eigenvalue weighted by atomic mass is 16.5. The Kier molecular flexibility index (Phi) is 6.23. The molecule has 2 saturated heterocycles. The van der Waals surface area contributed by atoms with Crippen LogP contribution in [0.5, 0.6) is 0 Å². The molecule has 1 aromatic heterocycles. The molecule has 0 aliphatic carbocycles. The van der Waals surface area contributed by atoms with Crippen LogP contribution in [0.25, 0.3) is 0 Å². The molecule has 0 bridgehead atoms. The van der Waals surface area contributed by atoms with Gasteiger partial charge in [-0.05, 0) is 12.5 Å². The highest BCUT2D eigenvalue weighted by Crippen LogP contribution is 2.17. The third-order valence-electron chi connectivity index (χ3n) is 4.97. The highest BCUT2D eigenvalue weighted by Gasteiger charge is 2.25. The number of morpholine rings is 1. The Balaban J connectivity index is 1.47. The number of rotatable bonds is 6. The van der Waals surface area contributed by atoms with Gasteiger partial charge in [-0.25, -0.2) is 0 Å². The maximum atomic E-state index is 12.6. The van der Waals surface area contributed by atoms with Crippen LogP contribution in [-0.2, 0) is 4.74 Å². The van der Waals surface area contributed by atoms with Crippen molar-refractivity contribution in [3.05, 3.63) is 24.0 Å². The van der Waals surface area contributed by atoms with Gasteiger partial charge < -0.3 is 15.0 Å². The standard InChI is InChI=1S/C18H29N5O2/c1-21(2)17-3-5-19-13-16(17)18(24)20-15-4-6-23(14-15)8-7-22-9-11-25-12-10-22/h3,5,13,15H,4,6-12,14H2,1-2H3,(H,20,24). The molecule has 0 saturated carbocycles. The van der Waals surface area contributed by atoms with E-state index in [1.807, 2.05) is 25.1 Å². The Morgan fingerprint density at radius 2 is 2.04 bits per heavy atom. The van der Waals surface area contributed by atoms with E-state index < -0.39 is 0 Å². The summed E-state index contributed by atoms with van der Waals surface area (Å²) in [6, 6.07) is 2.09. The van der Waals surface area contributed by atoms with Crippen molar-refractivity contribution in [1.29, 1.82) is 0 Å². The van der Waals surface area contributed by atoms with Crippen molar-refractivity contribution >= 4 is 11.6 Å². The normalized spacial score (nSPS) is 22.1. The zero-order valence-electron chi connectivity index (χ0n) is 15.3. The Bertz CT molecular complexity index is 574. The van der Waals surface area contributed by atoms with E-state index >= 15 is 0 Å². The third-order valence-corrected chi connectivity index (χ3v) is 4.97. The van der Waals surface area contributed by atoms with Crippen LogP contribution in [0.4, 0.5) is 5.69 Å². The molecule has 7 nitrogen and oxygen atoms in total. The number of nitrogens with one attached hydrogen (secondary N) is 1. The van der Waals surface area contributed by atoms with Crippen molar-refractivity contribution in [3.8, 4) is 0 Å². The zero-order chi connectivity index (χ0) is 17.6. The smallest absolute Gasteiger partial charge is 0.255 e. The van der Waals surface area contributed by atoms with Gasteiger partial charge in [-0.3, -0.25) is 19.6 Å². The predicted molar refractivity (Wildman–Crippen MR) is 98.1 cm³/mol. The van der Waals surface area contributed by atoms with E-state index in [4.69, 9.17) is 4.74 Å². The van der Waals surface area contributed by atoms with E-state index in [1.54, 1.807) is 12.4 Å². The number of aromatic nitrogens is 1. The number of pyridine rings is 1. The molecule has 2 aliphatic heterocycles. The van der Waals surface area contributed by atoms with E-state index in [9.17, 15) is 4.79 Å². The molecule has 1 aromatic rings. The van der Waals surface area contributed by atoms with Crippen molar-refractivity contribution < 1.29 is 9.53 Å². The van der Waals surface area contributed by atoms with Crippen LogP contribution in [-0.4, -0.2) is 93.3 Å². The van der Waals surface area contributed by atoms with Gasteiger partial charge in [-0.1, -0.05) is 0 Å². The number of amides is 1. The Morgan fingerprint density at radius 1 is 1.28 bits per heavy atom. The molecule has 3 heterocycles. The largest absolute Gasteiger partial charge is 0.379 e. The van der Waals surface area contributed by atoms with E-state index in [-0.39, 0.29) is 11.9 Å². The summed E-state index contributed by atoms with van der Waals surface area (Å²) >= 11 is 0. The summed E-state index contributed by atoms with van der Waals surface area (Å²) < 4.78 is 5.39. The quantitative estimate of drug-likeness (QED) is 0.798. The Labute approximate surface area is 149 Å². The molecule has 138 valence electrons. The lowest BCUT2D eigenvalue weighted by Gasteiger charge is -2.28. The highest BCUT2D eigenvalue weighted by molar-refractivity contribution is 5.99. The first-order chi connectivity index (χ1) is 12.1. The van der Waals surface area contributed by atoms with Crippen molar-refractivity contribution in [3.63, 3.8) is 0 Å². The van der Waals surface area contributed by atoms with Gasteiger partial charge in [0.15, 0.2) is 0 Å². The van der Waals surface area contributed by atoms with Gasteiger partial charge in [0.25, 0.3) is 5.91 Å². The second-order valence-corrected chi connectivity index (χ2v) is 7.00. The monoisotopic (exact) mass is 347 g/mol. The van der Waals surface area contributed by atoms with Crippen molar-refractivity contribution in [1.82, 2.24) is 20.1 Å². The van der Waals surface area contributed by atoms with Gasteiger partial charge in [0.1, 0.15) is 0 Å². The number of ether oxygens (including phenoxy) is 1. The summed E-state index contributed by atoms with van der Waals surface area (Å²) in [6.45, 7) is 7.86. The van der Waals surface area contributed by atoms with Crippen LogP contribution >= 0.6 is 0 Å². The van der Waals surface area contributed by atoms with Crippen LogP contribution < -0.4 is 10.2 Å². The van der Waals surface area contributed by atoms with Crippen LogP contribution in [0, 0.1) is 0 Å². The molecule has 2 fully saturated rings. The van der Waals surface area contributed by atoms with E-state index in [0.717, 1.165) is 64.6 Å². The second kappa shape index (κ2) is 8.60. The predicted octanol–water partition coefficient (Wildman–Crippen LogP) is 0.284. The maximum absolute atomic E-state index is 12.6. The molecule has 3 rings (SSSR count). The molecule has 0 radical (unpaired) electrons. The van der Waals surface area contributed by atoms with Gasteiger partial charge in [-0.2, -0.15) is 0 Å². The summed E-state index contributed by atoms with van der Waals surface area (Å²) in [7, 11) is 3.88. The molecule has 1 amide bonds. The lowest BCUT2D eigenvalue weighted by molar-refractivity contribution is 0.0343. The summed E-state index contributed by atoms with van der Waals surface area (Å²) in [4.78, 5) is 23.6. The summed E-state index contributed by atoms with van der Waals surface area (Å²) in [5.74, 6) is -0.0307. The summed E-state index contributed by atoms with van der Waals surface area (Å²) in [6.07, 6.45) is 4.37. The summed E-state index contributed by atoms with van der Waals surface area (Å²) in [5.41, 5.74) is 1.54. The second-order valence-electron chi connectivity index (χ2n) is 7.00. The Hall–Kier alpha value is -1.70. The zero-order valence-corrected chi connectivity index (χ0v) is 15.3. The number of anilines is 1. The van der Waals surface area contributed by atoms with Crippen molar-refractivity contribution in [2.75, 3.05) is 71.5 Å². The van der Waals surface area contributed by atoms with Crippen LogP contribution in [0.15, 0.2) is 18.5 Å². The molecule has 1 atom stereocenters. The molecular weight excluding hydrogens is 318 g/mol. The lowest BCUT2D eigenvalue weighted by atomic mass is 10.2. The van der Waals surface area contributed by atoms with Crippen molar-refractivity contribution in [2.45, 2.75) is 12.5 Å². The summed E-state index contributed by atoms with van der Waals surface area (Å²) in [5, 5.41) is 3.18. The minimum absolute atomic E-state index is 0.0307. The van der Waals surface area contributed by atoms with Gasteiger partial charge in [0.05, 0.1) is 24.5 Å². The third kappa shape index (κ3) is 4.90. The number of carbonyl (C=O) groups is 1. The average molecular weight is 347 g/mol. The number of likely N-dealkylation sites (tertiary alicyclic amines) is 1. The number of nitrogens with zero attached hydrogens (tertiary/aromatic N) is 4. The first kappa shape index (κ1) is 18.1. The van der Waals surface area contributed by atoms with Gasteiger partial charge >= 0.3 is 0 Å². The van der Waals surface area contributed by atoms with Gasteiger partial charge in [0, 0.05) is 71.8 Å². The van der Waals surface area contributed by atoms with E-state index in [0.29, 0.717) is 5.56 Å². The fraction of sp³-hybridized carbons (Fsp3) is 0.667. The maximum Gasteiger partial charge on any atom is 0.255 e. The molecule has 25 heavy (non-hydrogen) atoms. The molecule has 0 spiro atoms. The number of carbonyl (C=O) groups excluding carboxylic acids is 1. The first-order valence-corrected chi connectivity index (χ1v) is 9.08. The van der Waals surface area contributed by atoms with Crippen LogP contribution in [0.3, 0.4) is 0 Å². The van der Waals surface area contributed by atoms with Crippen molar-refractivity contribution in [2.24, 2.45) is 0 Å². The fourth-order valence-electron chi connectivity index (χ4n) is 3.48. The minimum Gasteiger partial charge on any atom is -0.379 e. The fourth-order valence-corrected chi connectivity index (χ4v) is 3.48. The van der Waals surface area contributed by atoms with Crippen LogP contribution in [0.2, 0.25) is 0 Å². The molecule has 0 aromatic carbocycles. The van der Waals surface area contributed by atoms with E-state index in [1.165, 1.54) is 0 Å². The number of hydrogen-bond acceptors (Lipinski definition) is 6. The Morgan fingerprint density at radius 3 is 2.80 bits per heavy atom. The lowest BCUT2D eigenvalue weighted by Crippen LogP contribution is -2.42. The molecule has 7 heteroatoms. The molecular formula is C18H29N5O2. The van der Waals surface area contributed by atoms with E-state index in [2.05, 4.69) is 20.1 Å². The minimum atomic E-state index is -0.0307. The topological polar surface area (TPSA) is 60.9 Å². The van der Waals surface area contributed by atoms with Crippen LogP contribution in [0.1, 0.15) is 16.8 Å². The number of hydrogen-bond donors (Lipinski definition) is 1.